The molecule has 0 radical (unpaired) electrons. The first-order valence-corrected chi connectivity index (χ1v) is 6.11. The fourth-order valence-electron chi connectivity index (χ4n) is 2.23. The molecule has 0 aromatic heterocycles. The van der Waals surface area contributed by atoms with Crippen molar-refractivity contribution in [3.05, 3.63) is 0 Å². The van der Waals surface area contributed by atoms with Crippen LogP contribution < -0.4 is 5.32 Å². The molecule has 1 heterocycles. The molecule has 0 aliphatic carbocycles. The third-order valence-electron chi connectivity index (χ3n) is 2.89. The first-order chi connectivity index (χ1) is 7.22. The van der Waals surface area contributed by atoms with Crippen molar-refractivity contribution in [3.63, 3.8) is 0 Å². The molecule has 1 aliphatic rings. The highest BCUT2D eigenvalue weighted by atomic mass is 15.2. The first-order valence-electron chi connectivity index (χ1n) is 6.11. The molecule has 1 fully saturated rings. The minimum atomic E-state index is 0.658. The Morgan fingerprint density at radius 1 is 1.53 bits per heavy atom. The van der Waals surface area contributed by atoms with Crippen LogP contribution in [-0.4, -0.2) is 37.1 Å². The summed E-state index contributed by atoms with van der Waals surface area (Å²) in [5, 5.41) is 3.63. The average molecular weight is 208 g/mol. The summed E-state index contributed by atoms with van der Waals surface area (Å²) in [7, 11) is 0. The predicted octanol–water partition coefficient (Wildman–Crippen LogP) is 1.72. The molecular formula is C13H24N2. The van der Waals surface area contributed by atoms with Gasteiger partial charge in [0.05, 0.1) is 0 Å². The molecule has 1 N–H and O–H groups in total. The zero-order valence-electron chi connectivity index (χ0n) is 10.1. The van der Waals surface area contributed by atoms with Crippen molar-refractivity contribution in [2.24, 2.45) is 5.92 Å². The summed E-state index contributed by atoms with van der Waals surface area (Å²) in [4.78, 5) is 2.51. The molecule has 0 spiro atoms. The second kappa shape index (κ2) is 6.87. The molecule has 1 atom stereocenters. The predicted molar refractivity (Wildman–Crippen MR) is 65.8 cm³/mol. The van der Waals surface area contributed by atoms with Crippen LogP contribution in [0.5, 0.6) is 0 Å². The molecule has 1 rings (SSSR count). The number of terminal acetylenes is 1. The van der Waals surface area contributed by atoms with Gasteiger partial charge >= 0.3 is 0 Å². The molecular weight excluding hydrogens is 184 g/mol. The van der Waals surface area contributed by atoms with E-state index >= 15 is 0 Å². The van der Waals surface area contributed by atoms with E-state index in [2.05, 4.69) is 30.0 Å². The number of nitrogens with one attached hydrogen (secondary N) is 1. The summed E-state index contributed by atoms with van der Waals surface area (Å²) in [6, 6.07) is 0.658. The van der Waals surface area contributed by atoms with Crippen molar-refractivity contribution in [3.8, 4) is 12.3 Å². The van der Waals surface area contributed by atoms with Crippen LogP contribution in [-0.2, 0) is 0 Å². The lowest BCUT2D eigenvalue weighted by atomic mass is 10.0. The molecule has 0 bridgehead atoms. The van der Waals surface area contributed by atoms with Gasteiger partial charge < -0.3 is 10.2 Å². The van der Waals surface area contributed by atoms with Crippen LogP contribution in [0.3, 0.4) is 0 Å². The van der Waals surface area contributed by atoms with Gasteiger partial charge in [0.15, 0.2) is 0 Å². The Labute approximate surface area is 94.4 Å². The van der Waals surface area contributed by atoms with E-state index < -0.39 is 0 Å². The van der Waals surface area contributed by atoms with Gasteiger partial charge in [0.25, 0.3) is 0 Å². The molecule has 1 saturated heterocycles. The molecule has 2 heteroatoms. The Bertz CT molecular complexity index is 205. The summed E-state index contributed by atoms with van der Waals surface area (Å²) >= 11 is 0. The molecule has 0 saturated carbocycles. The van der Waals surface area contributed by atoms with Crippen LogP contribution in [0.4, 0.5) is 0 Å². The standard InChI is InChI=1S/C13H24N2/c1-4-5-8-15-9-6-7-14-13(11-15)10-12(2)3/h1,12-14H,5-11H2,2-3H3. The summed E-state index contributed by atoms with van der Waals surface area (Å²) in [5.74, 6) is 3.50. The zero-order chi connectivity index (χ0) is 11.1. The second-order valence-corrected chi connectivity index (χ2v) is 4.89. The highest BCUT2D eigenvalue weighted by Gasteiger charge is 2.17. The maximum Gasteiger partial charge on any atom is 0.0214 e. The maximum absolute atomic E-state index is 5.31. The number of hydrogen-bond acceptors (Lipinski definition) is 2. The van der Waals surface area contributed by atoms with E-state index in [0.29, 0.717) is 6.04 Å². The summed E-state index contributed by atoms with van der Waals surface area (Å²) < 4.78 is 0. The average Bonchev–Trinajstić information content (AvgIpc) is 2.39. The number of rotatable bonds is 4. The monoisotopic (exact) mass is 208 g/mol. The Balaban J connectivity index is 2.35. The van der Waals surface area contributed by atoms with Crippen molar-refractivity contribution in [1.82, 2.24) is 10.2 Å². The van der Waals surface area contributed by atoms with Crippen molar-refractivity contribution in [2.45, 2.75) is 39.2 Å². The van der Waals surface area contributed by atoms with Gasteiger partial charge in [-0.15, -0.1) is 12.3 Å². The van der Waals surface area contributed by atoms with Crippen molar-refractivity contribution >= 4 is 0 Å². The molecule has 1 unspecified atom stereocenters. The van der Waals surface area contributed by atoms with Crippen LogP contribution in [0.2, 0.25) is 0 Å². The highest BCUT2D eigenvalue weighted by Crippen LogP contribution is 2.09. The van der Waals surface area contributed by atoms with Gasteiger partial charge in [-0.3, -0.25) is 0 Å². The fraction of sp³-hybridized carbons (Fsp3) is 0.846. The third kappa shape index (κ3) is 5.20. The van der Waals surface area contributed by atoms with Gasteiger partial charge in [-0.1, -0.05) is 13.8 Å². The zero-order valence-corrected chi connectivity index (χ0v) is 10.1. The van der Waals surface area contributed by atoms with E-state index in [1.807, 2.05) is 0 Å². The van der Waals surface area contributed by atoms with Crippen LogP contribution >= 0.6 is 0 Å². The minimum Gasteiger partial charge on any atom is -0.313 e. The van der Waals surface area contributed by atoms with Gasteiger partial charge in [-0.2, -0.15) is 0 Å². The van der Waals surface area contributed by atoms with Crippen LogP contribution in [0.1, 0.15) is 33.1 Å². The lowest BCUT2D eigenvalue weighted by Crippen LogP contribution is -2.38. The summed E-state index contributed by atoms with van der Waals surface area (Å²) in [6.07, 6.45) is 8.71. The quantitative estimate of drug-likeness (QED) is 0.708. The number of hydrogen-bond donors (Lipinski definition) is 1. The van der Waals surface area contributed by atoms with Gasteiger partial charge in [0, 0.05) is 25.6 Å². The van der Waals surface area contributed by atoms with E-state index in [-0.39, 0.29) is 0 Å². The second-order valence-electron chi connectivity index (χ2n) is 4.89. The van der Waals surface area contributed by atoms with E-state index in [4.69, 9.17) is 6.42 Å². The number of nitrogens with zero attached hydrogens (tertiary/aromatic N) is 1. The smallest absolute Gasteiger partial charge is 0.0214 e. The Kier molecular flexibility index (Phi) is 5.75. The third-order valence-corrected chi connectivity index (χ3v) is 2.89. The van der Waals surface area contributed by atoms with Crippen molar-refractivity contribution < 1.29 is 0 Å². The van der Waals surface area contributed by atoms with Gasteiger partial charge in [0.2, 0.25) is 0 Å². The molecule has 15 heavy (non-hydrogen) atoms. The molecule has 86 valence electrons. The van der Waals surface area contributed by atoms with E-state index in [1.54, 1.807) is 0 Å². The minimum absolute atomic E-state index is 0.658. The van der Waals surface area contributed by atoms with Crippen LogP contribution in [0.15, 0.2) is 0 Å². The van der Waals surface area contributed by atoms with Crippen LogP contribution in [0.25, 0.3) is 0 Å². The normalized spacial score (nSPS) is 23.7. The van der Waals surface area contributed by atoms with Crippen molar-refractivity contribution in [2.75, 3.05) is 26.2 Å². The Morgan fingerprint density at radius 3 is 3.00 bits per heavy atom. The molecule has 0 amide bonds. The molecule has 1 aliphatic heterocycles. The molecule has 0 aromatic rings. The first kappa shape index (κ1) is 12.5. The Morgan fingerprint density at radius 2 is 2.33 bits per heavy atom. The molecule has 0 aromatic carbocycles. The Hall–Kier alpha value is -0.520. The molecule has 2 nitrogen and oxygen atoms in total. The van der Waals surface area contributed by atoms with Gasteiger partial charge in [-0.25, -0.2) is 0 Å². The summed E-state index contributed by atoms with van der Waals surface area (Å²) in [6.45, 7) is 9.16. The van der Waals surface area contributed by atoms with Crippen LogP contribution in [0, 0.1) is 18.3 Å². The maximum atomic E-state index is 5.31. The SMILES string of the molecule is C#CCCN1CCCNC(CC(C)C)C1. The van der Waals surface area contributed by atoms with E-state index in [1.165, 1.54) is 25.9 Å². The lowest BCUT2D eigenvalue weighted by molar-refractivity contribution is 0.260. The van der Waals surface area contributed by atoms with Crippen molar-refractivity contribution in [1.29, 1.82) is 0 Å². The topological polar surface area (TPSA) is 15.3 Å². The van der Waals surface area contributed by atoms with E-state index in [9.17, 15) is 0 Å². The lowest BCUT2D eigenvalue weighted by Gasteiger charge is -2.24. The van der Waals surface area contributed by atoms with E-state index in [0.717, 1.165) is 25.4 Å². The largest absolute Gasteiger partial charge is 0.313 e. The van der Waals surface area contributed by atoms with Gasteiger partial charge in [-0.05, 0) is 31.8 Å². The van der Waals surface area contributed by atoms with Gasteiger partial charge in [0.1, 0.15) is 0 Å². The summed E-state index contributed by atoms with van der Waals surface area (Å²) in [5.41, 5.74) is 0. The highest BCUT2D eigenvalue weighted by molar-refractivity contribution is 4.86. The fourth-order valence-corrected chi connectivity index (χ4v) is 2.23.